The molecule has 0 saturated heterocycles. The zero-order chi connectivity index (χ0) is 11.6. The zero-order valence-corrected chi connectivity index (χ0v) is 9.72. The summed E-state index contributed by atoms with van der Waals surface area (Å²) in [5, 5.41) is 0. The maximum Gasteiger partial charge on any atom is 0.262 e. The topological polar surface area (TPSA) is 29.0 Å². The molecular formula is C8H9BrF3N3. The highest BCUT2D eigenvalue weighted by atomic mass is 79.9. The number of rotatable bonds is 3. The first-order chi connectivity index (χ1) is 6.81. The average molecular weight is 284 g/mol. The number of anilines is 1. The number of nitrogens with zero attached hydrogens (tertiary/aromatic N) is 3. The van der Waals surface area contributed by atoms with E-state index in [-0.39, 0.29) is 10.3 Å². The minimum absolute atomic E-state index is 0.0169. The summed E-state index contributed by atoms with van der Waals surface area (Å²) in [5.74, 6) is -3.54. The molecule has 0 atom stereocenters. The van der Waals surface area contributed by atoms with Crippen LogP contribution < -0.4 is 4.90 Å². The highest BCUT2D eigenvalue weighted by Crippen LogP contribution is 2.26. The quantitative estimate of drug-likeness (QED) is 0.798. The largest absolute Gasteiger partial charge is 0.353 e. The Hall–Kier alpha value is -0.850. The van der Waals surface area contributed by atoms with Crippen molar-refractivity contribution in [3.05, 3.63) is 16.7 Å². The molecule has 1 aromatic heterocycles. The summed E-state index contributed by atoms with van der Waals surface area (Å²) >= 11 is 2.90. The second-order valence-corrected chi connectivity index (χ2v) is 4.02. The van der Waals surface area contributed by atoms with Crippen molar-refractivity contribution < 1.29 is 13.2 Å². The Bertz CT molecular complexity index is 353. The van der Waals surface area contributed by atoms with Gasteiger partial charge in [-0.05, 0) is 15.9 Å². The summed E-state index contributed by atoms with van der Waals surface area (Å²) < 4.78 is 38.3. The lowest BCUT2D eigenvalue weighted by atomic mass is 10.3. The van der Waals surface area contributed by atoms with E-state index >= 15 is 0 Å². The predicted octanol–water partition coefficient (Wildman–Crippen LogP) is 2.47. The van der Waals surface area contributed by atoms with Crippen LogP contribution in [0.2, 0.25) is 0 Å². The van der Waals surface area contributed by atoms with Gasteiger partial charge in [0, 0.05) is 14.0 Å². The fourth-order valence-electron chi connectivity index (χ4n) is 1.10. The third kappa shape index (κ3) is 3.33. The number of halogens is 4. The molecule has 0 amide bonds. The van der Waals surface area contributed by atoms with Gasteiger partial charge >= 0.3 is 0 Å². The van der Waals surface area contributed by atoms with Crippen LogP contribution in [-0.2, 0) is 0 Å². The van der Waals surface area contributed by atoms with Crippen LogP contribution in [0.4, 0.5) is 19.0 Å². The molecule has 0 aliphatic carbocycles. The fraction of sp³-hybridized carbons (Fsp3) is 0.500. The third-order valence-corrected chi connectivity index (χ3v) is 2.29. The van der Waals surface area contributed by atoms with Crippen LogP contribution in [0.1, 0.15) is 6.92 Å². The average Bonchev–Trinajstić information content (AvgIpc) is 2.06. The van der Waals surface area contributed by atoms with E-state index in [1.54, 1.807) is 0 Å². The molecule has 0 N–H and O–H groups in total. The van der Waals surface area contributed by atoms with Gasteiger partial charge in [-0.3, -0.25) is 0 Å². The van der Waals surface area contributed by atoms with Gasteiger partial charge in [-0.15, -0.1) is 0 Å². The Balaban J connectivity index is 2.92. The minimum Gasteiger partial charge on any atom is -0.353 e. The van der Waals surface area contributed by atoms with Crippen molar-refractivity contribution in [2.24, 2.45) is 0 Å². The SMILES string of the molecule is CN(CC(C)(F)F)c1ncnc(F)c1Br. The van der Waals surface area contributed by atoms with Crippen molar-refractivity contribution in [3.8, 4) is 0 Å². The van der Waals surface area contributed by atoms with Crippen LogP contribution in [-0.4, -0.2) is 29.5 Å². The van der Waals surface area contributed by atoms with Gasteiger partial charge in [0.25, 0.3) is 5.92 Å². The van der Waals surface area contributed by atoms with Crippen molar-refractivity contribution in [2.45, 2.75) is 12.8 Å². The first-order valence-electron chi connectivity index (χ1n) is 4.06. The monoisotopic (exact) mass is 283 g/mol. The standard InChI is InChI=1S/C8H9BrF3N3/c1-8(11,12)3-15(2)7-5(9)6(10)13-4-14-7/h4H,3H2,1-2H3. The van der Waals surface area contributed by atoms with Crippen molar-refractivity contribution in [2.75, 3.05) is 18.5 Å². The normalized spacial score (nSPS) is 11.6. The van der Waals surface area contributed by atoms with Gasteiger partial charge < -0.3 is 4.90 Å². The lowest BCUT2D eigenvalue weighted by molar-refractivity contribution is 0.0309. The van der Waals surface area contributed by atoms with E-state index in [1.165, 1.54) is 7.05 Å². The Morgan fingerprint density at radius 1 is 1.47 bits per heavy atom. The minimum atomic E-state index is -2.87. The summed E-state index contributed by atoms with van der Waals surface area (Å²) in [6.45, 7) is 0.247. The Labute approximate surface area is 93.5 Å². The molecule has 3 nitrogen and oxygen atoms in total. The smallest absolute Gasteiger partial charge is 0.262 e. The van der Waals surface area contributed by atoms with Crippen molar-refractivity contribution in [1.29, 1.82) is 0 Å². The van der Waals surface area contributed by atoms with Gasteiger partial charge in [0.05, 0.1) is 6.54 Å². The molecule has 0 saturated carbocycles. The van der Waals surface area contributed by atoms with Gasteiger partial charge in [-0.1, -0.05) is 0 Å². The van der Waals surface area contributed by atoms with Crippen LogP contribution in [0.3, 0.4) is 0 Å². The summed E-state index contributed by atoms with van der Waals surface area (Å²) in [6, 6.07) is 0. The van der Waals surface area contributed by atoms with E-state index in [9.17, 15) is 13.2 Å². The van der Waals surface area contributed by atoms with E-state index in [0.717, 1.165) is 18.2 Å². The lowest BCUT2D eigenvalue weighted by Gasteiger charge is -2.22. The second kappa shape index (κ2) is 4.34. The molecule has 0 aliphatic heterocycles. The van der Waals surface area contributed by atoms with Crippen LogP contribution in [0.25, 0.3) is 0 Å². The van der Waals surface area contributed by atoms with Gasteiger partial charge in [0.15, 0.2) is 0 Å². The van der Waals surface area contributed by atoms with Crippen molar-refractivity contribution in [1.82, 2.24) is 9.97 Å². The molecule has 0 bridgehead atoms. The van der Waals surface area contributed by atoms with E-state index in [2.05, 4.69) is 25.9 Å². The summed E-state index contributed by atoms with van der Waals surface area (Å²) in [7, 11) is 1.41. The summed E-state index contributed by atoms with van der Waals surface area (Å²) in [5.41, 5.74) is 0. The Morgan fingerprint density at radius 2 is 2.07 bits per heavy atom. The van der Waals surface area contributed by atoms with Crippen LogP contribution in [0.15, 0.2) is 10.8 Å². The number of hydrogen-bond acceptors (Lipinski definition) is 3. The molecule has 0 fully saturated rings. The first kappa shape index (κ1) is 12.2. The summed E-state index contributed by atoms with van der Waals surface area (Å²) in [4.78, 5) is 8.16. The van der Waals surface area contributed by atoms with E-state index < -0.39 is 18.4 Å². The Morgan fingerprint density at radius 3 is 2.60 bits per heavy atom. The molecule has 15 heavy (non-hydrogen) atoms. The fourth-order valence-corrected chi connectivity index (χ4v) is 1.60. The molecule has 1 heterocycles. The van der Waals surface area contributed by atoms with E-state index in [1.807, 2.05) is 0 Å². The first-order valence-corrected chi connectivity index (χ1v) is 4.85. The molecule has 0 aromatic carbocycles. The number of alkyl halides is 2. The second-order valence-electron chi connectivity index (χ2n) is 3.23. The third-order valence-electron chi connectivity index (χ3n) is 1.60. The highest BCUT2D eigenvalue weighted by molar-refractivity contribution is 9.10. The molecule has 0 unspecified atom stereocenters. The van der Waals surface area contributed by atoms with Crippen molar-refractivity contribution >= 4 is 21.7 Å². The van der Waals surface area contributed by atoms with Gasteiger partial charge in [0.2, 0.25) is 5.95 Å². The van der Waals surface area contributed by atoms with Gasteiger partial charge in [-0.2, -0.15) is 4.39 Å². The van der Waals surface area contributed by atoms with Gasteiger partial charge in [-0.25, -0.2) is 18.7 Å². The van der Waals surface area contributed by atoms with Crippen LogP contribution >= 0.6 is 15.9 Å². The van der Waals surface area contributed by atoms with Crippen molar-refractivity contribution in [3.63, 3.8) is 0 Å². The van der Waals surface area contributed by atoms with E-state index in [0.29, 0.717) is 0 Å². The number of hydrogen-bond donors (Lipinski definition) is 0. The molecule has 1 rings (SSSR count). The molecular weight excluding hydrogens is 275 g/mol. The molecule has 0 radical (unpaired) electrons. The molecule has 7 heteroatoms. The predicted molar refractivity (Wildman–Crippen MR) is 53.6 cm³/mol. The number of aromatic nitrogens is 2. The van der Waals surface area contributed by atoms with Crippen LogP contribution in [0.5, 0.6) is 0 Å². The molecule has 0 spiro atoms. The maximum absolute atomic E-state index is 13.0. The Kier molecular flexibility index (Phi) is 3.54. The van der Waals surface area contributed by atoms with Gasteiger partial charge in [0.1, 0.15) is 16.6 Å². The maximum atomic E-state index is 13.0. The van der Waals surface area contributed by atoms with Crippen LogP contribution in [0, 0.1) is 5.95 Å². The molecule has 84 valence electrons. The molecule has 0 aliphatic rings. The summed E-state index contributed by atoms with van der Waals surface area (Å²) in [6.07, 6.45) is 0.986. The molecule has 1 aromatic rings. The zero-order valence-electron chi connectivity index (χ0n) is 8.14. The highest BCUT2D eigenvalue weighted by Gasteiger charge is 2.25. The lowest BCUT2D eigenvalue weighted by Crippen LogP contribution is -2.32. The van der Waals surface area contributed by atoms with E-state index in [4.69, 9.17) is 0 Å².